The molecule has 6 nitrogen and oxygen atoms in total. The van der Waals surface area contributed by atoms with Gasteiger partial charge in [0, 0.05) is 19.2 Å². The lowest BCUT2D eigenvalue weighted by Crippen LogP contribution is -2.30. The fraction of sp³-hybridized carbons (Fsp3) is 0.333. The van der Waals surface area contributed by atoms with Crippen molar-refractivity contribution in [1.29, 1.82) is 0 Å². The molecular formula is C12H12N2O4. The second-order valence-corrected chi connectivity index (χ2v) is 4.22. The van der Waals surface area contributed by atoms with Gasteiger partial charge >= 0.3 is 5.97 Å². The molecule has 2 unspecified atom stereocenters. The van der Waals surface area contributed by atoms with Crippen LogP contribution in [0.25, 0.3) is 11.0 Å². The van der Waals surface area contributed by atoms with Gasteiger partial charge in [-0.3, -0.25) is 4.79 Å². The number of ether oxygens (including phenoxy) is 1. The molecule has 18 heavy (non-hydrogen) atoms. The first-order valence-corrected chi connectivity index (χ1v) is 5.69. The van der Waals surface area contributed by atoms with Crippen molar-refractivity contribution in [1.82, 2.24) is 10.3 Å². The van der Waals surface area contributed by atoms with Gasteiger partial charge in [-0.25, -0.2) is 4.98 Å². The van der Waals surface area contributed by atoms with E-state index in [1.54, 1.807) is 24.6 Å². The number of pyridine rings is 1. The second kappa shape index (κ2) is 4.30. The summed E-state index contributed by atoms with van der Waals surface area (Å²) in [6.45, 7) is 0.507. The molecule has 1 fully saturated rings. The minimum Gasteiger partial charge on any atom is -0.480 e. The molecule has 0 aliphatic carbocycles. The smallest absolute Gasteiger partial charge is 0.320 e. The maximum atomic E-state index is 10.8. The maximum Gasteiger partial charge on any atom is 0.320 e. The third kappa shape index (κ3) is 1.91. The molecule has 1 saturated heterocycles. The van der Waals surface area contributed by atoms with Crippen LogP contribution in [0.15, 0.2) is 29.0 Å². The predicted octanol–water partition coefficient (Wildman–Crippen LogP) is 1.02. The number of fused-ring (bicyclic) bond motifs is 1. The fourth-order valence-corrected chi connectivity index (χ4v) is 2.10. The van der Waals surface area contributed by atoms with E-state index in [2.05, 4.69) is 10.3 Å². The van der Waals surface area contributed by atoms with Gasteiger partial charge in [0.2, 0.25) is 5.88 Å². The molecule has 1 aliphatic heterocycles. The molecule has 2 aromatic heterocycles. The Balaban J connectivity index is 1.77. The van der Waals surface area contributed by atoms with E-state index in [4.69, 9.17) is 14.3 Å². The molecule has 1 aliphatic rings. The van der Waals surface area contributed by atoms with E-state index in [1.165, 1.54) is 0 Å². The van der Waals surface area contributed by atoms with E-state index in [9.17, 15) is 4.79 Å². The minimum absolute atomic E-state index is 0.181. The average molecular weight is 248 g/mol. The number of aliphatic carboxylic acids is 1. The Morgan fingerprint density at radius 2 is 2.44 bits per heavy atom. The van der Waals surface area contributed by atoms with Crippen molar-refractivity contribution in [2.75, 3.05) is 6.54 Å². The first kappa shape index (κ1) is 11.0. The van der Waals surface area contributed by atoms with E-state index in [0.29, 0.717) is 24.4 Å². The van der Waals surface area contributed by atoms with Crippen molar-refractivity contribution < 1.29 is 19.1 Å². The second-order valence-electron chi connectivity index (χ2n) is 4.22. The summed E-state index contributed by atoms with van der Waals surface area (Å²) in [6, 6.07) is 3.00. The average Bonchev–Trinajstić information content (AvgIpc) is 2.97. The van der Waals surface area contributed by atoms with Gasteiger partial charge in [-0.15, -0.1) is 0 Å². The molecule has 0 amide bonds. The number of furan rings is 1. The lowest BCUT2D eigenvalue weighted by molar-refractivity contribution is -0.139. The molecule has 2 N–H and O–H groups in total. The predicted molar refractivity (Wildman–Crippen MR) is 62.5 cm³/mol. The van der Waals surface area contributed by atoms with Crippen LogP contribution >= 0.6 is 0 Å². The number of rotatable bonds is 3. The van der Waals surface area contributed by atoms with Crippen LogP contribution in [0.2, 0.25) is 0 Å². The normalized spacial score (nSPS) is 23.3. The molecule has 2 atom stereocenters. The van der Waals surface area contributed by atoms with Crippen LogP contribution in [-0.4, -0.2) is 34.8 Å². The van der Waals surface area contributed by atoms with Crippen LogP contribution in [0, 0.1) is 0 Å². The van der Waals surface area contributed by atoms with Gasteiger partial charge < -0.3 is 19.6 Å². The highest BCUT2D eigenvalue weighted by Crippen LogP contribution is 2.25. The maximum absolute atomic E-state index is 10.8. The van der Waals surface area contributed by atoms with E-state index in [0.717, 1.165) is 5.39 Å². The zero-order chi connectivity index (χ0) is 12.5. The van der Waals surface area contributed by atoms with Crippen molar-refractivity contribution in [3.8, 4) is 5.88 Å². The molecule has 0 bridgehead atoms. The Labute approximate surface area is 103 Å². The molecule has 3 heterocycles. The number of hydrogen-bond donors (Lipinski definition) is 2. The molecule has 3 rings (SSSR count). The van der Waals surface area contributed by atoms with Crippen molar-refractivity contribution in [2.24, 2.45) is 0 Å². The van der Waals surface area contributed by atoms with Crippen molar-refractivity contribution in [2.45, 2.75) is 18.6 Å². The summed E-state index contributed by atoms with van der Waals surface area (Å²) in [5, 5.41) is 12.6. The third-order valence-electron chi connectivity index (χ3n) is 3.01. The molecule has 0 aromatic carbocycles. The van der Waals surface area contributed by atoms with E-state index < -0.39 is 12.0 Å². The quantitative estimate of drug-likeness (QED) is 0.843. The van der Waals surface area contributed by atoms with Crippen LogP contribution in [0.1, 0.15) is 6.42 Å². The van der Waals surface area contributed by atoms with Crippen LogP contribution in [-0.2, 0) is 4.79 Å². The number of carbonyl (C=O) groups is 1. The Hall–Kier alpha value is -2.08. The third-order valence-corrected chi connectivity index (χ3v) is 3.01. The number of carboxylic acids is 1. The van der Waals surface area contributed by atoms with Gasteiger partial charge in [0.25, 0.3) is 0 Å². The van der Waals surface area contributed by atoms with E-state index in [-0.39, 0.29) is 6.10 Å². The first-order chi connectivity index (χ1) is 8.74. The van der Waals surface area contributed by atoms with Crippen LogP contribution in [0.3, 0.4) is 0 Å². The van der Waals surface area contributed by atoms with Gasteiger partial charge in [0.1, 0.15) is 17.7 Å². The van der Waals surface area contributed by atoms with Crippen molar-refractivity contribution >= 4 is 16.9 Å². The lowest BCUT2D eigenvalue weighted by Gasteiger charge is -2.11. The van der Waals surface area contributed by atoms with Crippen molar-refractivity contribution in [3.63, 3.8) is 0 Å². The van der Waals surface area contributed by atoms with Gasteiger partial charge in [0.15, 0.2) is 0 Å². The zero-order valence-corrected chi connectivity index (χ0v) is 9.50. The van der Waals surface area contributed by atoms with Gasteiger partial charge in [-0.1, -0.05) is 0 Å². The Kier molecular flexibility index (Phi) is 2.64. The lowest BCUT2D eigenvalue weighted by atomic mass is 10.2. The van der Waals surface area contributed by atoms with E-state index in [1.807, 2.05) is 0 Å². The highest BCUT2D eigenvalue weighted by molar-refractivity contribution is 5.81. The summed E-state index contributed by atoms with van der Waals surface area (Å²) in [5.41, 5.74) is 0.709. The molecular weight excluding hydrogens is 236 g/mol. The number of nitrogens with zero attached hydrogens (tertiary/aromatic N) is 1. The zero-order valence-electron chi connectivity index (χ0n) is 9.50. The number of nitrogens with one attached hydrogen (secondary N) is 1. The summed E-state index contributed by atoms with van der Waals surface area (Å²) in [5.74, 6) is -0.366. The standard InChI is InChI=1S/C12H12N2O4/c15-12(16)9-5-7(6-14-9)18-11-8-2-4-17-10(8)1-3-13-11/h1-4,7,9,14H,5-6H2,(H,15,16). The molecule has 94 valence electrons. The monoisotopic (exact) mass is 248 g/mol. The SMILES string of the molecule is O=C(O)C1CC(Oc2nccc3occc23)CN1. The highest BCUT2D eigenvalue weighted by Gasteiger charge is 2.31. The molecule has 0 radical (unpaired) electrons. The fourth-order valence-electron chi connectivity index (χ4n) is 2.10. The van der Waals surface area contributed by atoms with E-state index >= 15 is 0 Å². The summed E-state index contributed by atoms with van der Waals surface area (Å²) in [7, 11) is 0. The summed E-state index contributed by atoms with van der Waals surface area (Å²) in [4.78, 5) is 15.0. The number of hydrogen-bond acceptors (Lipinski definition) is 5. The molecule has 2 aromatic rings. The number of carboxylic acid groups (broad SMARTS) is 1. The minimum atomic E-state index is -0.851. The number of aromatic nitrogens is 1. The Bertz CT molecular complexity index is 580. The van der Waals surface area contributed by atoms with Gasteiger partial charge in [-0.05, 0) is 12.1 Å². The Morgan fingerprint density at radius 3 is 3.22 bits per heavy atom. The first-order valence-electron chi connectivity index (χ1n) is 5.69. The molecule has 0 saturated carbocycles. The van der Waals surface area contributed by atoms with Crippen molar-refractivity contribution in [3.05, 3.63) is 24.6 Å². The highest BCUT2D eigenvalue weighted by atomic mass is 16.5. The topological polar surface area (TPSA) is 84.6 Å². The summed E-state index contributed by atoms with van der Waals surface area (Å²) in [6.07, 6.45) is 3.44. The van der Waals surface area contributed by atoms with Gasteiger partial charge in [-0.2, -0.15) is 0 Å². The van der Waals surface area contributed by atoms with Crippen LogP contribution < -0.4 is 10.1 Å². The van der Waals surface area contributed by atoms with Crippen LogP contribution in [0.4, 0.5) is 0 Å². The van der Waals surface area contributed by atoms with Gasteiger partial charge in [0.05, 0.1) is 11.6 Å². The summed E-state index contributed by atoms with van der Waals surface area (Å²) < 4.78 is 11.0. The Morgan fingerprint density at radius 1 is 1.56 bits per heavy atom. The largest absolute Gasteiger partial charge is 0.480 e. The molecule has 0 spiro atoms. The summed E-state index contributed by atoms with van der Waals surface area (Å²) >= 11 is 0. The molecule has 6 heteroatoms. The van der Waals surface area contributed by atoms with Crippen LogP contribution in [0.5, 0.6) is 5.88 Å².